The zero-order valence-electron chi connectivity index (χ0n) is 40.2. The molecule has 1 heterocycles. The van der Waals surface area contributed by atoms with E-state index in [0.29, 0.717) is 39.2 Å². The molecular formula is C46H81N7O10. The molecule has 0 saturated carbocycles. The first kappa shape index (κ1) is 55.4. The van der Waals surface area contributed by atoms with E-state index in [0.717, 1.165) is 12.0 Å². The molecule has 1 saturated heterocycles. The first-order valence-corrected chi connectivity index (χ1v) is 22.6. The molecule has 1 fully saturated rings. The van der Waals surface area contributed by atoms with Crippen LogP contribution in [0.15, 0.2) is 30.3 Å². The minimum atomic E-state index is -0.881. The molecule has 0 aromatic heterocycles. The van der Waals surface area contributed by atoms with Gasteiger partial charge in [-0.3, -0.25) is 28.9 Å². The largest absolute Gasteiger partial charge is 0.379 e. The molecule has 63 heavy (non-hydrogen) atoms. The van der Waals surface area contributed by atoms with Crippen LogP contribution in [0.4, 0.5) is 0 Å². The van der Waals surface area contributed by atoms with E-state index in [1.165, 1.54) is 7.11 Å². The lowest BCUT2D eigenvalue weighted by Gasteiger charge is -2.41. The molecule has 9 atom stereocenters. The number of likely N-dealkylation sites (N-methyl/N-ethyl adjacent to an activating group) is 2. The molecule has 2 rings (SSSR count). The fourth-order valence-corrected chi connectivity index (χ4v) is 8.57. The van der Waals surface area contributed by atoms with Gasteiger partial charge in [0.1, 0.15) is 12.1 Å². The molecule has 1 aromatic carbocycles. The zero-order chi connectivity index (χ0) is 47.2. The second kappa shape index (κ2) is 29.0. The standard InChI is InChI=1S/C46H81N7O10/c1-13-32(6)41(52(10)46(58)39(30(2)3)50-45(57)40(31(4)5)51(8)9)37(59-11)29-38(54)53-22-17-20-36(53)42(60-12)33(7)43(55)49-35(28-34-18-15-14-16-19-34)44(56)48-21-23-61-24-25-62-26-27-63-47/h14-16,18-19,30-33,35-37,39-42H,13,17,20-29,47H2,1-12H3,(H,48,56)(H,49,55)(H,50,57)/t32-,33+,35-,36-,37+,39?,40-,41-,42+/m0/s1. The minimum absolute atomic E-state index is 0.00923. The van der Waals surface area contributed by atoms with Crippen LogP contribution in [-0.4, -0.2) is 168 Å². The molecule has 0 bridgehead atoms. The van der Waals surface area contributed by atoms with Crippen LogP contribution in [-0.2, 0) is 54.2 Å². The van der Waals surface area contributed by atoms with Crippen molar-refractivity contribution in [2.75, 3.05) is 81.5 Å². The highest BCUT2D eigenvalue weighted by atomic mass is 16.6. The molecular weight excluding hydrogens is 811 g/mol. The first-order valence-electron chi connectivity index (χ1n) is 22.6. The summed E-state index contributed by atoms with van der Waals surface area (Å²) in [4.78, 5) is 79.5. The second-order valence-electron chi connectivity index (χ2n) is 17.6. The fraction of sp³-hybridized carbons (Fsp3) is 0.761. The van der Waals surface area contributed by atoms with Crippen molar-refractivity contribution in [1.82, 2.24) is 30.7 Å². The summed E-state index contributed by atoms with van der Waals surface area (Å²) in [6.07, 6.45) is 0.967. The number of carbonyl (C=O) groups excluding carboxylic acids is 5. The number of likely N-dealkylation sites (tertiary alicyclic amines) is 1. The van der Waals surface area contributed by atoms with Crippen LogP contribution < -0.4 is 21.8 Å². The Bertz CT molecular complexity index is 1510. The summed E-state index contributed by atoms with van der Waals surface area (Å²) in [5, 5.41) is 8.88. The van der Waals surface area contributed by atoms with Gasteiger partial charge in [-0.05, 0) is 50.3 Å². The van der Waals surface area contributed by atoms with Crippen molar-refractivity contribution >= 4 is 29.5 Å². The highest BCUT2D eigenvalue weighted by Crippen LogP contribution is 2.30. The number of ether oxygens (including phenoxy) is 4. The summed E-state index contributed by atoms with van der Waals surface area (Å²) in [6.45, 7) is 15.9. The van der Waals surface area contributed by atoms with Crippen molar-refractivity contribution in [1.29, 1.82) is 0 Å². The number of benzene rings is 1. The number of methoxy groups -OCH3 is 2. The lowest BCUT2D eigenvalue weighted by molar-refractivity contribution is -0.148. The van der Waals surface area contributed by atoms with Gasteiger partial charge < -0.3 is 49.5 Å². The number of carbonyl (C=O) groups is 5. The fourth-order valence-electron chi connectivity index (χ4n) is 8.57. The molecule has 17 nitrogen and oxygen atoms in total. The zero-order valence-corrected chi connectivity index (χ0v) is 40.2. The Balaban J connectivity index is 2.23. The summed E-state index contributed by atoms with van der Waals surface area (Å²) < 4.78 is 23.0. The van der Waals surface area contributed by atoms with Crippen molar-refractivity contribution in [3.05, 3.63) is 35.9 Å². The van der Waals surface area contributed by atoms with Crippen molar-refractivity contribution in [2.24, 2.45) is 29.6 Å². The van der Waals surface area contributed by atoms with Crippen LogP contribution >= 0.6 is 0 Å². The molecule has 1 aromatic rings. The van der Waals surface area contributed by atoms with Crippen LogP contribution in [0.2, 0.25) is 0 Å². The van der Waals surface area contributed by atoms with E-state index in [-0.39, 0.29) is 79.9 Å². The number of nitrogens with zero attached hydrogens (tertiary/aromatic N) is 3. The molecule has 0 radical (unpaired) electrons. The minimum Gasteiger partial charge on any atom is -0.379 e. The van der Waals surface area contributed by atoms with Crippen molar-refractivity contribution in [3.8, 4) is 0 Å². The topological polar surface area (TPSA) is 203 Å². The van der Waals surface area contributed by atoms with Gasteiger partial charge in [-0.15, -0.1) is 0 Å². The van der Waals surface area contributed by atoms with Crippen molar-refractivity contribution in [3.63, 3.8) is 0 Å². The van der Waals surface area contributed by atoms with Gasteiger partial charge in [0.25, 0.3) is 0 Å². The molecule has 0 aliphatic carbocycles. The van der Waals surface area contributed by atoms with Crippen molar-refractivity contribution < 1.29 is 47.8 Å². The third-order valence-electron chi connectivity index (χ3n) is 12.1. The average molecular weight is 892 g/mol. The third-order valence-corrected chi connectivity index (χ3v) is 12.1. The molecule has 17 heteroatoms. The Hall–Kier alpha value is -3.71. The maximum absolute atomic E-state index is 14.4. The van der Waals surface area contributed by atoms with Crippen LogP contribution in [0.1, 0.15) is 79.7 Å². The van der Waals surface area contributed by atoms with Crippen LogP contribution in [0.3, 0.4) is 0 Å². The van der Waals surface area contributed by atoms with E-state index in [1.807, 2.05) is 90.9 Å². The number of nitrogens with one attached hydrogen (secondary N) is 3. The van der Waals surface area contributed by atoms with E-state index in [4.69, 9.17) is 24.8 Å². The molecule has 1 unspecified atom stereocenters. The van der Waals surface area contributed by atoms with Gasteiger partial charge in [0.15, 0.2) is 0 Å². The van der Waals surface area contributed by atoms with E-state index >= 15 is 0 Å². The Morgan fingerprint density at radius 1 is 0.825 bits per heavy atom. The molecule has 5 N–H and O–H groups in total. The quantitative estimate of drug-likeness (QED) is 0.0650. The third kappa shape index (κ3) is 17.3. The predicted molar refractivity (Wildman–Crippen MR) is 242 cm³/mol. The summed E-state index contributed by atoms with van der Waals surface area (Å²) in [7, 11) is 8.51. The molecule has 5 amide bonds. The predicted octanol–water partition coefficient (Wildman–Crippen LogP) is 2.40. The smallest absolute Gasteiger partial charge is 0.245 e. The number of nitrogens with two attached hydrogens (primary N) is 1. The Morgan fingerprint density at radius 3 is 2.02 bits per heavy atom. The Morgan fingerprint density at radius 2 is 1.46 bits per heavy atom. The van der Waals surface area contributed by atoms with Gasteiger partial charge in [0.2, 0.25) is 29.5 Å². The highest BCUT2D eigenvalue weighted by molar-refractivity contribution is 5.90. The van der Waals surface area contributed by atoms with Crippen LogP contribution in [0, 0.1) is 23.7 Å². The van der Waals surface area contributed by atoms with Gasteiger partial charge in [-0.2, -0.15) is 0 Å². The van der Waals surface area contributed by atoms with Gasteiger partial charge in [-0.1, -0.05) is 85.2 Å². The summed E-state index contributed by atoms with van der Waals surface area (Å²) in [5.74, 6) is 2.68. The summed E-state index contributed by atoms with van der Waals surface area (Å²) in [5.41, 5.74) is 0.876. The number of amides is 5. The van der Waals surface area contributed by atoms with E-state index < -0.39 is 48.3 Å². The van der Waals surface area contributed by atoms with E-state index in [2.05, 4.69) is 20.8 Å². The molecule has 360 valence electrons. The van der Waals surface area contributed by atoms with Gasteiger partial charge in [-0.25, -0.2) is 5.90 Å². The Labute approximate surface area is 377 Å². The summed E-state index contributed by atoms with van der Waals surface area (Å²) in [6, 6.07) is 6.46. The average Bonchev–Trinajstić information content (AvgIpc) is 3.73. The Kier molecular flexibility index (Phi) is 25.5. The molecule has 1 aliphatic heterocycles. The van der Waals surface area contributed by atoms with Gasteiger partial charge >= 0.3 is 0 Å². The molecule has 1 aliphatic rings. The second-order valence-corrected chi connectivity index (χ2v) is 17.6. The number of hydrogen-bond acceptors (Lipinski definition) is 12. The lowest BCUT2D eigenvalue weighted by atomic mass is 9.89. The van der Waals surface area contributed by atoms with Crippen LogP contribution in [0.25, 0.3) is 0 Å². The summed E-state index contributed by atoms with van der Waals surface area (Å²) >= 11 is 0. The number of rotatable bonds is 30. The SMILES string of the molecule is CC[C@H](C)[C@@H]([C@@H](CC(=O)N1CCC[C@H]1[C@H](OC)[C@@H](C)C(=O)N[C@@H](Cc1ccccc1)C(=O)NCCOCCOCCON)OC)N(C)C(=O)C(NC(=O)[C@H](C(C)C)N(C)C)C(C)C. The molecule has 0 spiro atoms. The number of hydrogen-bond donors (Lipinski definition) is 4. The lowest BCUT2D eigenvalue weighted by Crippen LogP contribution is -2.59. The van der Waals surface area contributed by atoms with Gasteiger partial charge in [0.05, 0.1) is 75.7 Å². The monoisotopic (exact) mass is 892 g/mol. The maximum atomic E-state index is 14.4. The maximum Gasteiger partial charge on any atom is 0.245 e. The van der Waals surface area contributed by atoms with Crippen LogP contribution in [0.5, 0.6) is 0 Å². The first-order chi connectivity index (χ1) is 29.9. The van der Waals surface area contributed by atoms with Crippen molar-refractivity contribution in [2.45, 2.75) is 123 Å². The van der Waals surface area contributed by atoms with Gasteiger partial charge in [0, 0.05) is 40.8 Å². The normalized spacial score (nSPS) is 18.0. The highest BCUT2D eigenvalue weighted by Gasteiger charge is 2.43. The van der Waals surface area contributed by atoms with E-state index in [1.54, 1.807) is 30.9 Å². The van der Waals surface area contributed by atoms with E-state index in [9.17, 15) is 24.0 Å².